The van der Waals surface area contributed by atoms with Gasteiger partial charge in [-0.1, -0.05) is 20.8 Å². The average molecular weight is 262 g/mol. The number of aryl methyl sites for hydroxylation is 1. The van der Waals surface area contributed by atoms with Crippen molar-refractivity contribution in [3.63, 3.8) is 0 Å². The molecule has 0 amide bonds. The van der Waals surface area contributed by atoms with Crippen LogP contribution in [0.1, 0.15) is 45.0 Å². The zero-order valence-electron chi connectivity index (χ0n) is 12.8. The maximum atomic E-state index is 5.95. The Labute approximate surface area is 116 Å². The molecule has 2 rings (SSSR count). The van der Waals surface area contributed by atoms with Gasteiger partial charge in [-0.3, -0.25) is 0 Å². The minimum atomic E-state index is 0.405. The van der Waals surface area contributed by atoms with Crippen LogP contribution in [0.2, 0.25) is 0 Å². The minimum Gasteiger partial charge on any atom is -0.383 e. The number of nitrogens with zero attached hydrogens (tertiary/aromatic N) is 3. The second-order valence-corrected chi connectivity index (χ2v) is 6.73. The summed E-state index contributed by atoms with van der Waals surface area (Å²) in [6, 6.07) is 0. The zero-order chi connectivity index (χ0) is 14.2. The molecule has 0 saturated carbocycles. The van der Waals surface area contributed by atoms with Crippen LogP contribution in [0.5, 0.6) is 0 Å². The molecule has 0 aliphatic carbocycles. The second kappa shape index (κ2) is 4.99. The second-order valence-electron chi connectivity index (χ2n) is 6.73. The van der Waals surface area contributed by atoms with Crippen molar-refractivity contribution in [2.75, 3.05) is 23.7 Å². The van der Waals surface area contributed by atoms with Crippen LogP contribution in [-0.4, -0.2) is 23.1 Å². The van der Waals surface area contributed by atoms with Crippen LogP contribution in [0.15, 0.2) is 0 Å². The van der Waals surface area contributed by atoms with Gasteiger partial charge in [-0.15, -0.1) is 0 Å². The van der Waals surface area contributed by atoms with Crippen LogP contribution < -0.4 is 10.6 Å². The third kappa shape index (κ3) is 2.99. The van der Waals surface area contributed by atoms with Crippen LogP contribution in [-0.2, 0) is 0 Å². The topological polar surface area (TPSA) is 55.0 Å². The number of piperidine rings is 1. The molecule has 0 spiro atoms. The summed E-state index contributed by atoms with van der Waals surface area (Å²) in [6.45, 7) is 13.1. The van der Waals surface area contributed by atoms with Gasteiger partial charge in [0.25, 0.3) is 0 Å². The van der Waals surface area contributed by atoms with Crippen molar-refractivity contribution in [1.82, 2.24) is 9.97 Å². The lowest BCUT2D eigenvalue weighted by molar-refractivity contribution is 0.198. The number of hydrogen-bond acceptors (Lipinski definition) is 4. The van der Waals surface area contributed by atoms with Crippen molar-refractivity contribution >= 4 is 11.6 Å². The predicted octanol–water partition coefficient (Wildman–Crippen LogP) is 2.94. The maximum Gasteiger partial charge on any atom is 0.137 e. The number of rotatable bonds is 1. The molecule has 0 atom stereocenters. The van der Waals surface area contributed by atoms with Gasteiger partial charge >= 0.3 is 0 Å². The molecule has 106 valence electrons. The third-order valence-corrected chi connectivity index (χ3v) is 4.29. The molecule has 0 aromatic carbocycles. The molecule has 1 aromatic rings. The monoisotopic (exact) mass is 262 g/mol. The quantitative estimate of drug-likeness (QED) is 0.845. The van der Waals surface area contributed by atoms with Crippen molar-refractivity contribution in [1.29, 1.82) is 0 Å². The fourth-order valence-corrected chi connectivity index (χ4v) is 2.90. The first-order valence-electron chi connectivity index (χ1n) is 7.14. The summed E-state index contributed by atoms with van der Waals surface area (Å²) in [4.78, 5) is 11.2. The molecule has 0 radical (unpaired) electrons. The third-order valence-electron chi connectivity index (χ3n) is 4.29. The van der Waals surface area contributed by atoms with E-state index in [-0.39, 0.29) is 0 Å². The lowest BCUT2D eigenvalue weighted by Crippen LogP contribution is -2.39. The van der Waals surface area contributed by atoms with E-state index in [1.54, 1.807) is 0 Å². The Hall–Kier alpha value is -1.32. The Morgan fingerprint density at radius 2 is 1.68 bits per heavy atom. The van der Waals surface area contributed by atoms with E-state index in [4.69, 9.17) is 5.73 Å². The van der Waals surface area contributed by atoms with E-state index in [0.29, 0.717) is 11.2 Å². The van der Waals surface area contributed by atoms with E-state index < -0.39 is 0 Å². The molecule has 1 aromatic heterocycles. The fourth-order valence-electron chi connectivity index (χ4n) is 2.90. The molecule has 1 aliphatic heterocycles. The first-order valence-corrected chi connectivity index (χ1v) is 7.14. The summed E-state index contributed by atoms with van der Waals surface area (Å²) >= 11 is 0. The highest BCUT2D eigenvalue weighted by Crippen LogP contribution is 2.36. The summed E-state index contributed by atoms with van der Waals surface area (Å²) in [6.07, 6.45) is 2.46. The number of aromatic nitrogens is 2. The van der Waals surface area contributed by atoms with E-state index in [0.717, 1.165) is 36.2 Å². The number of nitrogen functional groups attached to an aromatic ring is 1. The van der Waals surface area contributed by atoms with E-state index in [1.807, 2.05) is 13.8 Å². The summed E-state index contributed by atoms with van der Waals surface area (Å²) in [7, 11) is 0. The summed E-state index contributed by atoms with van der Waals surface area (Å²) < 4.78 is 0. The van der Waals surface area contributed by atoms with Gasteiger partial charge < -0.3 is 10.6 Å². The van der Waals surface area contributed by atoms with Crippen LogP contribution in [0.25, 0.3) is 0 Å². The van der Waals surface area contributed by atoms with Gasteiger partial charge in [0.2, 0.25) is 0 Å². The van der Waals surface area contributed by atoms with Crippen LogP contribution >= 0.6 is 0 Å². The molecule has 4 heteroatoms. The van der Waals surface area contributed by atoms with Gasteiger partial charge in [-0.25, -0.2) is 9.97 Å². The summed E-state index contributed by atoms with van der Waals surface area (Å²) in [5.74, 6) is 3.19. The van der Waals surface area contributed by atoms with E-state index in [1.165, 1.54) is 12.8 Å². The molecule has 1 fully saturated rings. The fraction of sp³-hybridized carbons (Fsp3) is 0.733. The predicted molar refractivity (Wildman–Crippen MR) is 80.3 cm³/mol. The lowest BCUT2D eigenvalue weighted by Gasteiger charge is -2.39. The number of nitrogens with two attached hydrogens (primary N) is 1. The Bertz CT molecular complexity index is 454. The molecule has 0 unspecified atom stereocenters. The van der Waals surface area contributed by atoms with Crippen molar-refractivity contribution in [2.45, 2.75) is 47.5 Å². The largest absolute Gasteiger partial charge is 0.383 e. The molecule has 1 saturated heterocycles. The number of hydrogen-bond donors (Lipinski definition) is 1. The van der Waals surface area contributed by atoms with E-state index in [9.17, 15) is 0 Å². The van der Waals surface area contributed by atoms with E-state index >= 15 is 0 Å². The Morgan fingerprint density at radius 1 is 1.11 bits per heavy atom. The molecule has 19 heavy (non-hydrogen) atoms. The highest BCUT2D eigenvalue weighted by atomic mass is 15.2. The Balaban J connectivity index is 2.14. The van der Waals surface area contributed by atoms with Crippen LogP contribution in [0.4, 0.5) is 11.6 Å². The molecule has 0 bridgehead atoms. The van der Waals surface area contributed by atoms with Crippen molar-refractivity contribution in [2.24, 2.45) is 11.3 Å². The van der Waals surface area contributed by atoms with Gasteiger partial charge in [0.05, 0.1) is 0 Å². The Morgan fingerprint density at radius 3 is 2.21 bits per heavy atom. The lowest BCUT2D eigenvalue weighted by atomic mass is 9.75. The first-order chi connectivity index (χ1) is 8.79. The highest BCUT2D eigenvalue weighted by molar-refractivity contribution is 5.56. The smallest absolute Gasteiger partial charge is 0.137 e. The molecule has 1 aliphatic rings. The SMILES string of the molecule is Cc1nc(N)c(C)c(N2CCC(C(C)(C)C)CC2)n1. The molecular weight excluding hydrogens is 236 g/mol. The molecule has 2 N–H and O–H groups in total. The highest BCUT2D eigenvalue weighted by Gasteiger charge is 2.29. The van der Waals surface area contributed by atoms with Crippen molar-refractivity contribution in [3.8, 4) is 0 Å². The van der Waals surface area contributed by atoms with Gasteiger partial charge in [0, 0.05) is 18.7 Å². The van der Waals surface area contributed by atoms with E-state index in [2.05, 4.69) is 35.6 Å². The minimum absolute atomic E-state index is 0.405. The maximum absolute atomic E-state index is 5.95. The number of anilines is 2. The first kappa shape index (κ1) is 14.1. The van der Waals surface area contributed by atoms with Gasteiger partial charge in [-0.2, -0.15) is 0 Å². The van der Waals surface area contributed by atoms with Crippen molar-refractivity contribution < 1.29 is 0 Å². The van der Waals surface area contributed by atoms with Gasteiger partial charge in [-0.05, 0) is 38.0 Å². The van der Waals surface area contributed by atoms with Crippen LogP contribution in [0.3, 0.4) is 0 Å². The normalized spacial score (nSPS) is 17.8. The molecular formula is C15H26N4. The van der Waals surface area contributed by atoms with Crippen LogP contribution in [0, 0.1) is 25.2 Å². The molecule has 4 nitrogen and oxygen atoms in total. The zero-order valence-corrected chi connectivity index (χ0v) is 12.8. The van der Waals surface area contributed by atoms with Gasteiger partial charge in [0.15, 0.2) is 0 Å². The summed E-state index contributed by atoms with van der Waals surface area (Å²) in [5.41, 5.74) is 7.37. The standard InChI is InChI=1S/C15H26N4/c1-10-13(16)17-11(2)18-14(10)19-8-6-12(7-9-19)15(3,4)5/h12H,6-9H2,1-5H3,(H2,16,17,18). The summed E-state index contributed by atoms with van der Waals surface area (Å²) in [5, 5.41) is 0. The van der Waals surface area contributed by atoms with Gasteiger partial charge in [0.1, 0.15) is 17.5 Å². The Kier molecular flexibility index (Phi) is 3.70. The molecule has 2 heterocycles. The average Bonchev–Trinajstić information content (AvgIpc) is 2.33. The van der Waals surface area contributed by atoms with Crippen molar-refractivity contribution in [3.05, 3.63) is 11.4 Å².